The van der Waals surface area contributed by atoms with E-state index >= 15 is 0 Å². The van der Waals surface area contributed by atoms with Gasteiger partial charge in [0, 0.05) is 0 Å². The van der Waals surface area contributed by atoms with Crippen LogP contribution in [0.2, 0.25) is 17.7 Å². The fourth-order valence-corrected chi connectivity index (χ4v) is 19.8. The molecule has 0 nitrogen and oxygen atoms in total. The van der Waals surface area contributed by atoms with E-state index in [2.05, 4.69) is 27.7 Å². The molecule has 0 aliphatic carbocycles. The van der Waals surface area contributed by atoms with E-state index in [1.165, 1.54) is 51.4 Å². The van der Waals surface area contributed by atoms with Gasteiger partial charge in [0.2, 0.25) is 0 Å². The van der Waals surface area contributed by atoms with Crippen LogP contribution >= 0.6 is 0 Å². The summed E-state index contributed by atoms with van der Waals surface area (Å²) in [6.07, 6.45) is 11.8. The van der Waals surface area contributed by atoms with Crippen molar-refractivity contribution in [3.8, 4) is 0 Å². The first-order valence-electron chi connectivity index (χ1n) is 8.24. The number of hydrogen-bond acceptors (Lipinski definition) is 0. The zero-order valence-electron chi connectivity index (χ0n) is 13.0. The Balaban J connectivity index is 4.39. The number of hydrogen-bond donors (Lipinski definition) is 0. The van der Waals surface area contributed by atoms with Gasteiger partial charge in [-0.25, -0.2) is 0 Å². The zero-order chi connectivity index (χ0) is 13.0. The molecule has 0 bridgehead atoms. The molecule has 0 N–H and O–H groups in total. The summed E-state index contributed by atoms with van der Waals surface area (Å²) in [5.41, 5.74) is 0. The Bertz CT molecular complexity index is 116. The average molecular weight is 351 g/mol. The summed E-state index contributed by atoms with van der Waals surface area (Å²) in [6.45, 7) is 9.48. The van der Waals surface area contributed by atoms with Gasteiger partial charge in [-0.05, 0) is 0 Å². The van der Waals surface area contributed by atoms with Gasteiger partial charge >= 0.3 is 115 Å². The third-order valence-corrected chi connectivity index (χ3v) is 20.4. The van der Waals surface area contributed by atoms with Crippen molar-refractivity contribution in [2.75, 3.05) is 0 Å². The van der Waals surface area contributed by atoms with E-state index in [-0.39, 0.29) is 0 Å². The molecule has 0 saturated carbocycles. The van der Waals surface area contributed by atoms with Crippen LogP contribution in [0.1, 0.15) is 79.1 Å². The summed E-state index contributed by atoms with van der Waals surface area (Å²) >= 11 is -1.69. The van der Waals surface area contributed by atoms with Crippen LogP contribution < -0.4 is 0 Å². The predicted octanol–water partition coefficient (Wildman–Crippen LogP) is 6.64. The summed E-state index contributed by atoms with van der Waals surface area (Å²) in [6, 6.07) is 0. The fraction of sp³-hybridized carbons (Fsp3) is 1.00. The van der Waals surface area contributed by atoms with Gasteiger partial charge in [-0.1, -0.05) is 0 Å². The molecule has 0 atom stereocenters. The first-order chi connectivity index (χ1) is 8.24. The van der Waals surface area contributed by atoms with Crippen molar-refractivity contribution in [3.05, 3.63) is 0 Å². The Morgan fingerprint density at radius 2 is 1.06 bits per heavy atom. The van der Waals surface area contributed by atoms with Crippen LogP contribution in [0.4, 0.5) is 0 Å². The molecule has 0 spiro atoms. The van der Waals surface area contributed by atoms with Crippen molar-refractivity contribution in [1.82, 2.24) is 0 Å². The van der Waals surface area contributed by atoms with Crippen LogP contribution in [0.15, 0.2) is 0 Å². The molecular weight excluding hydrogens is 315 g/mol. The third kappa shape index (κ3) is 8.50. The molecule has 0 radical (unpaired) electrons. The van der Waals surface area contributed by atoms with Crippen molar-refractivity contribution in [2.45, 2.75) is 96.8 Å². The van der Waals surface area contributed by atoms with E-state index in [0.717, 1.165) is 0 Å². The molecule has 0 saturated heterocycles. The van der Waals surface area contributed by atoms with Crippen LogP contribution in [0.3, 0.4) is 0 Å². The molecule has 104 valence electrons. The van der Waals surface area contributed by atoms with Gasteiger partial charge in [0.1, 0.15) is 0 Å². The van der Waals surface area contributed by atoms with E-state index in [1.54, 1.807) is 17.7 Å². The third-order valence-electron chi connectivity index (χ3n) is 4.24. The molecule has 0 unspecified atom stereocenters. The molecule has 0 aromatic carbocycles. The first-order valence-corrected chi connectivity index (χ1v) is 16.3. The Kier molecular flexibility index (Phi) is 12.4. The Morgan fingerprint density at radius 1 is 0.647 bits per heavy atom. The summed E-state index contributed by atoms with van der Waals surface area (Å²) in [4.78, 5) is 0. The molecule has 17 heavy (non-hydrogen) atoms. The van der Waals surface area contributed by atoms with E-state index in [4.69, 9.17) is 0 Å². The standard InChI is InChI=1S/4C4H9.Sn/c4*1-3-4-2;/h4*1,3-4H2,2H3;/i2*1+2;;;. The summed E-state index contributed by atoms with van der Waals surface area (Å²) in [5.74, 6) is 0. The molecule has 0 amide bonds. The van der Waals surface area contributed by atoms with Crippen LogP contribution in [0, 0.1) is 0 Å². The van der Waals surface area contributed by atoms with Crippen LogP contribution in [0.25, 0.3) is 0 Å². The summed E-state index contributed by atoms with van der Waals surface area (Å²) in [5, 5.41) is 0. The van der Waals surface area contributed by atoms with Gasteiger partial charge in [-0.15, -0.1) is 0 Å². The number of rotatable bonds is 12. The number of unbranched alkanes of at least 4 members (excludes halogenated alkanes) is 4. The topological polar surface area (TPSA) is 0 Å². The maximum atomic E-state index is 2.37. The van der Waals surface area contributed by atoms with Crippen LogP contribution in [-0.4, -0.2) is 18.4 Å². The summed E-state index contributed by atoms with van der Waals surface area (Å²) < 4.78 is 6.80. The average Bonchev–Trinajstić information content (AvgIpc) is 2.37. The Morgan fingerprint density at radius 3 is 1.35 bits per heavy atom. The quantitative estimate of drug-likeness (QED) is 0.346. The van der Waals surface area contributed by atoms with Crippen LogP contribution in [0.5, 0.6) is 0 Å². The van der Waals surface area contributed by atoms with Crippen molar-refractivity contribution >= 4 is 18.4 Å². The van der Waals surface area contributed by atoms with Crippen LogP contribution in [-0.2, 0) is 0 Å². The minimum atomic E-state index is -1.69. The molecule has 0 heterocycles. The second kappa shape index (κ2) is 11.9. The minimum absolute atomic E-state index is 1.42. The second-order valence-electron chi connectivity index (χ2n) is 5.91. The SMILES string of the molecule is CCC[CH2][Sn]([CH2]CCC)([14CH2]CCC)[14CH2]CCC. The first kappa shape index (κ1) is 17.8. The van der Waals surface area contributed by atoms with Crippen molar-refractivity contribution in [2.24, 2.45) is 0 Å². The van der Waals surface area contributed by atoms with Gasteiger partial charge in [0.05, 0.1) is 0 Å². The van der Waals surface area contributed by atoms with E-state index < -0.39 is 18.4 Å². The predicted molar refractivity (Wildman–Crippen MR) is 84.6 cm³/mol. The maximum absolute atomic E-state index is 2.37. The summed E-state index contributed by atoms with van der Waals surface area (Å²) in [7, 11) is 0. The molecule has 0 fully saturated rings. The molecule has 0 aromatic rings. The monoisotopic (exact) mass is 352 g/mol. The van der Waals surface area contributed by atoms with Crippen molar-refractivity contribution in [3.63, 3.8) is 0 Å². The normalized spacial score (nSPS) is 12.0. The molecule has 0 aliphatic rings. The van der Waals surface area contributed by atoms with Gasteiger partial charge < -0.3 is 0 Å². The van der Waals surface area contributed by atoms with Gasteiger partial charge in [0.25, 0.3) is 0 Å². The Labute approximate surface area is 115 Å². The van der Waals surface area contributed by atoms with Crippen molar-refractivity contribution in [1.29, 1.82) is 0 Å². The molecule has 0 rings (SSSR count). The van der Waals surface area contributed by atoms with E-state index in [1.807, 2.05) is 0 Å². The van der Waals surface area contributed by atoms with Gasteiger partial charge in [-0.2, -0.15) is 0 Å². The molecule has 1 heteroatoms. The molecule has 0 aromatic heterocycles. The Hall–Kier alpha value is 0.799. The van der Waals surface area contributed by atoms with Gasteiger partial charge in [-0.3, -0.25) is 0 Å². The zero-order valence-corrected chi connectivity index (χ0v) is 15.8. The molecular formula is C16H36Sn. The van der Waals surface area contributed by atoms with Gasteiger partial charge in [0.15, 0.2) is 0 Å². The van der Waals surface area contributed by atoms with E-state index in [0.29, 0.717) is 0 Å². The fourth-order valence-electron chi connectivity index (χ4n) is 2.96. The molecule has 0 aliphatic heterocycles. The second-order valence-corrected chi connectivity index (χ2v) is 20.2. The van der Waals surface area contributed by atoms with Crippen molar-refractivity contribution < 1.29 is 0 Å². The van der Waals surface area contributed by atoms with E-state index in [9.17, 15) is 0 Å².